The van der Waals surface area contributed by atoms with Crippen molar-refractivity contribution in [1.29, 1.82) is 0 Å². The fourth-order valence-corrected chi connectivity index (χ4v) is 4.46. The van der Waals surface area contributed by atoms with Crippen LogP contribution in [0.2, 0.25) is 5.02 Å². The van der Waals surface area contributed by atoms with Crippen LogP contribution in [-0.2, 0) is 17.0 Å². The minimum absolute atomic E-state index is 0.106. The van der Waals surface area contributed by atoms with Crippen LogP contribution in [0.4, 0.5) is 4.39 Å². The van der Waals surface area contributed by atoms with Crippen molar-refractivity contribution in [2.24, 2.45) is 0 Å². The molecule has 0 bridgehead atoms. The van der Waals surface area contributed by atoms with Crippen LogP contribution < -0.4 is 0 Å². The van der Waals surface area contributed by atoms with Crippen LogP contribution in [-0.4, -0.2) is 22.1 Å². The number of imidazole rings is 1. The van der Waals surface area contributed by atoms with Crippen LogP contribution in [0.1, 0.15) is 28.4 Å². The Balaban J connectivity index is 1.71. The summed E-state index contributed by atoms with van der Waals surface area (Å²) >= 11 is 7.35. The average Bonchev–Trinajstić information content (AvgIpc) is 3.12. The first-order valence-electron chi connectivity index (χ1n) is 9.84. The molecule has 4 aromatic rings. The molecule has 0 spiro atoms. The van der Waals surface area contributed by atoms with Gasteiger partial charge in [0.25, 0.3) is 0 Å². The van der Waals surface area contributed by atoms with Gasteiger partial charge in [0.1, 0.15) is 5.82 Å². The van der Waals surface area contributed by atoms with E-state index in [0.717, 1.165) is 16.2 Å². The highest BCUT2D eigenvalue weighted by molar-refractivity contribution is 7.98. The number of fused-ring (bicyclic) bond motifs is 1. The summed E-state index contributed by atoms with van der Waals surface area (Å²) in [7, 11) is 0. The summed E-state index contributed by atoms with van der Waals surface area (Å²) in [5, 5.41) is 0.842. The molecular formula is C24H20ClFN2O2S. The van der Waals surface area contributed by atoms with Crippen molar-refractivity contribution in [3.63, 3.8) is 0 Å². The van der Waals surface area contributed by atoms with Crippen LogP contribution in [0.3, 0.4) is 0 Å². The third-order valence-corrected chi connectivity index (χ3v) is 6.11. The van der Waals surface area contributed by atoms with E-state index in [1.54, 1.807) is 31.2 Å². The van der Waals surface area contributed by atoms with Crippen LogP contribution in [0.25, 0.3) is 11.0 Å². The summed E-state index contributed by atoms with van der Waals surface area (Å²) in [5.74, 6) is -0.404. The molecule has 0 N–H and O–H groups in total. The maximum absolute atomic E-state index is 14.3. The highest BCUT2D eigenvalue weighted by atomic mass is 35.5. The Hall–Kier alpha value is -2.83. The van der Waals surface area contributed by atoms with Gasteiger partial charge in [-0.15, -0.1) is 0 Å². The number of aromatic nitrogens is 2. The summed E-state index contributed by atoms with van der Waals surface area (Å²) < 4.78 is 21.5. The first-order valence-corrected chi connectivity index (χ1v) is 11.2. The minimum Gasteiger partial charge on any atom is -0.462 e. The molecule has 0 fully saturated rings. The van der Waals surface area contributed by atoms with Crippen LogP contribution in [0.15, 0.2) is 71.9 Å². The van der Waals surface area contributed by atoms with E-state index in [9.17, 15) is 9.18 Å². The molecule has 0 aliphatic rings. The summed E-state index contributed by atoms with van der Waals surface area (Å²) in [5.41, 5.74) is 3.67. The average molecular weight is 455 g/mol. The van der Waals surface area contributed by atoms with Crippen molar-refractivity contribution >= 4 is 40.4 Å². The van der Waals surface area contributed by atoms with Gasteiger partial charge in [0, 0.05) is 5.75 Å². The number of carbonyl (C=O) groups excluding carboxylic acids is 1. The summed E-state index contributed by atoms with van der Waals surface area (Å²) in [6.45, 7) is 2.69. The van der Waals surface area contributed by atoms with E-state index in [0.29, 0.717) is 35.5 Å². The first kappa shape index (κ1) is 21.4. The minimum atomic E-state index is -0.410. The largest absolute Gasteiger partial charge is 0.462 e. The lowest BCUT2D eigenvalue weighted by Gasteiger charge is -2.10. The van der Waals surface area contributed by atoms with E-state index < -0.39 is 5.82 Å². The molecule has 0 atom stereocenters. The van der Waals surface area contributed by atoms with Gasteiger partial charge >= 0.3 is 5.97 Å². The van der Waals surface area contributed by atoms with Crippen LogP contribution in [0.5, 0.6) is 0 Å². The summed E-state index contributed by atoms with van der Waals surface area (Å²) in [6, 6.07) is 20.4. The van der Waals surface area contributed by atoms with Gasteiger partial charge in [-0.25, -0.2) is 14.2 Å². The predicted molar refractivity (Wildman–Crippen MR) is 122 cm³/mol. The SMILES string of the molecule is CCOC(=O)c1ccc2c(c1)nc(SCc1cccc(Cl)c1F)n2Cc1ccccc1. The van der Waals surface area contributed by atoms with Gasteiger partial charge in [0.05, 0.1) is 34.8 Å². The smallest absolute Gasteiger partial charge is 0.338 e. The molecule has 4 nitrogen and oxygen atoms in total. The fourth-order valence-electron chi connectivity index (χ4n) is 3.28. The molecule has 0 aliphatic heterocycles. The highest BCUT2D eigenvalue weighted by Gasteiger charge is 2.16. The monoisotopic (exact) mass is 454 g/mol. The molecule has 0 amide bonds. The second-order valence-corrected chi connectivity index (χ2v) is 8.24. The molecule has 0 saturated heterocycles. The molecule has 1 aromatic heterocycles. The molecule has 0 radical (unpaired) electrons. The van der Waals surface area contributed by atoms with E-state index in [-0.39, 0.29) is 11.0 Å². The van der Waals surface area contributed by atoms with Gasteiger partial charge in [-0.2, -0.15) is 0 Å². The molecule has 31 heavy (non-hydrogen) atoms. The maximum Gasteiger partial charge on any atom is 0.338 e. The number of carbonyl (C=O) groups is 1. The molecule has 3 aromatic carbocycles. The van der Waals surface area contributed by atoms with E-state index in [4.69, 9.17) is 21.3 Å². The lowest BCUT2D eigenvalue weighted by atomic mass is 10.2. The number of hydrogen-bond acceptors (Lipinski definition) is 4. The Morgan fingerprint density at radius 1 is 1.13 bits per heavy atom. The number of halogens is 2. The van der Waals surface area contributed by atoms with E-state index in [1.807, 2.05) is 36.4 Å². The Morgan fingerprint density at radius 2 is 1.94 bits per heavy atom. The molecule has 0 unspecified atom stereocenters. The number of esters is 1. The fraction of sp³-hybridized carbons (Fsp3) is 0.167. The van der Waals surface area contributed by atoms with Crippen molar-refractivity contribution in [3.05, 3.63) is 94.3 Å². The molecule has 0 aliphatic carbocycles. The molecule has 158 valence electrons. The molecule has 0 saturated carbocycles. The number of thioether (sulfide) groups is 1. The summed E-state index contributed by atoms with van der Waals surface area (Å²) in [4.78, 5) is 16.9. The third-order valence-electron chi connectivity index (χ3n) is 4.80. The second kappa shape index (κ2) is 9.54. The molecule has 4 rings (SSSR count). The Bertz CT molecular complexity index is 1230. The Kier molecular flexibility index (Phi) is 6.59. The van der Waals surface area contributed by atoms with E-state index in [2.05, 4.69) is 4.57 Å². The van der Waals surface area contributed by atoms with Crippen molar-refractivity contribution < 1.29 is 13.9 Å². The molecular weight excluding hydrogens is 435 g/mol. The maximum atomic E-state index is 14.3. The molecule has 1 heterocycles. The summed E-state index contributed by atoms with van der Waals surface area (Å²) in [6.07, 6.45) is 0. The van der Waals surface area contributed by atoms with Gasteiger partial charge in [0.15, 0.2) is 5.16 Å². The predicted octanol–water partition coefficient (Wildman–Crippen LogP) is 6.35. The van der Waals surface area contributed by atoms with Gasteiger partial charge in [-0.3, -0.25) is 0 Å². The lowest BCUT2D eigenvalue weighted by molar-refractivity contribution is 0.0526. The highest BCUT2D eigenvalue weighted by Crippen LogP contribution is 2.30. The number of ether oxygens (including phenoxy) is 1. The number of benzene rings is 3. The van der Waals surface area contributed by atoms with Crippen molar-refractivity contribution in [3.8, 4) is 0 Å². The van der Waals surface area contributed by atoms with Gasteiger partial charge in [0.2, 0.25) is 0 Å². The van der Waals surface area contributed by atoms with E-state index >= 15 is 0 Å². The zero-order valence-electron chi connectivity index (χ0n) is 16.8. The Labute approximate surface area is 189 Å². The molecule has 7 heteroatoms. The number of rotatable bonds is 7. The standard InChI is InChI=1S/C24H20ClFN2O2S/c1-2-30-23(29)17-11-12-21-20(13-17)27-24(28(21)14-16-7-4-3-5-8-16)31-15-18-9-6-10-19(25)22(18)26/h3-13H,2,14-15H2,1H3. The van der Waals surface area contributed by atoms with E-state index in [1.165, 1.54) is 17.8 Å². The number of hydrogen-bond donors (Lipinski definition) is 0. The number of nitrogens with zero attached hydrogens (tertiary/aromatic N) is 2. The van der Waals surface area contributed by atoms with Crippen molar-refractivity contribution in [2.75, 3.05) is 6.61 Å². The first-order chi connectivity index (χ1) is 15.1. The quantitative estimate of drug-likeness (QED) is 0.241. The topological polar surface area (TPSA) is 44.1 Å². The van der Waals surface area contributed by atoms with Crippen molar-refractivity contribution in [2.45, 2.75) is 24.4 Å². The van der Waals surface area contributed by atoms with Crippen LogP contribution in [0, 0.1) is 5.82 Å². The third kappa shape index (κ3) is 4.75. The van der Waals surface area contributed by atoms with Gasteiger partial charge < -0.3 is 9.30 Å². The van der Waals surface area contributed by atoms with Crippen LogP contribution >= 0.6 is 23.4 Å². The normalized spacial score (nSPS) is 11.1. The lowest BCUT2D eigenvalue weighted by Crippen LogP contribution is -2.05. The van der Waals surface area contributed by atoms with Crippen molar-refractivity contribution in [1.82, 2.24) is 9.55 Å². The zero-order valence-corrected chi connectivity index (χ0v) is 18.4. The van der Waals surface area contributed by atoms with Gasteiger partial charge in [-0.1, -0.05) is 65.8 Å². The Morgan fingerprint density at radius 3 is 2.71 bits per heavy atom. The van der Waals surface area contributed by atoms with Gasteiger partial charge in [-0.05, 0) is 42.3 Å². The second-order valence-electron chi connectivity index (χ2n) is 6.89. The zero-order chi connectivity index (χ0) is 21.8.